The number of rotatable bonds is 13. The number of nitrogens with one attached hydrogen (secondary N) is 2. The zero-order valence-electron chi connectivity index (χ0n) is 25.9. The Morgan fingerprint density at radius 3 is 2.12 bits per heavy atom. The maximum Gasteiger partial charge on any atom is 0.408 e. The van der Waals surface area contributed by atoms with Gasteiger partial charge < -0.3 is 31.1 Å². The molecule has 0 aliphatic carbocycles. The minimum Gasteiger partial charge on any atom is -0.507 e. The average Bonchev–Trinajstić information content (AvgIpc) is 2.88. The normalized spacial score (nSPS) is 12.6. The van der Waals surface area contributed by atoms with Crippen molar-refractivity contribution in [3.05, 3.63) is 58.7 Å². The summed E-state index contributed by atoms with van der Waals surface area (Å²) in [4.78, 5) is 54.4. The molecule has 2 aromatic rings. The second kappa shape index (κ2) is 15.2. The Balaban J connectivity index is 2.65. The highest BCUT2D eigenvalue weighted by atomic mass is 16.6. The van der Waals surface area contributed by atoms with E-state index in [0.717, 1.165) is 30.4 Å². The Labute approximate surface area is 249 Å². The number of hydrogen-bond acceptors (Lipinski definition) is 6. The Hall–Kier alpha value is -4.08. The molecular formula is C32H46N4O6. The number of unbranched alkanes of at least 4 members (excludes halogenated alkanes) is 3. The molecule has 2 unspecified atom stereocenters. The summed E-state index contributed by atoms with van der Waals surface area (Å²) in [7, 11) is 0. The Morgan fingerprint density at radius 1 is 0.952 bits per heavy atom. The van der Waals surface area contributed by atoms with Gasteiger partial charge >= 0.3 is 6.09 Å². The van der Waals surface area contributed by atoms with Gasteiger partial charge in [0.15, 0.2) is 0 Å². The number of nitrogens with two attached hydrogens (primary N) is 1. The smallest absolute Gasteiger partial charge is 0.408 e. The summed E-state index contributed by atoms with van der Waals surface area (Å²) in [6.07, 6.45) is 1.79. The van der Waals surface area contributed by atoms with Gasteiger partial charge in [0.2, 0.25) is 11.8 Å². The number of primary amides is 1. The van der Waals surface area contributed by atoms with Gasteiger partial charge in [0.05, 0.1) is 6.42 Å². The first-order valence-corrected chi connectivity index (χ1v) is 14.4. The van der Waals surface area contributed by atoms with E-state index in [0.29, 0.717) is 17.7 Å². The minimum absolute atomic E-state index is 0.127. The summed E-state index contributed by atoms with van der Waals surface area (Å²) < 4.78 is 5.33. The number of phenolic OH excluding ortho intramolecular Hbond substituents is 1. The molecule has 0 bridgehead atoms. The van der Waals surface area contributed by atoms with E-state index in [1.807, 2.05) is 32.0 Å². The molecule has 0 aliphatic heterocycles. The van der Waals surface area contributed by atoms with E-state index in [1.165, 1.54) is 4.90 Å². The summed E-state index contributed by atoms with van der Waals surface area (Å²) >= 11 is 0. The van der Waals surface area contributed by atoms with Gasteiger partial charge in [0.25, 0.3) is 5.91 Å². The van der Waals surface area contributed by atoms with Gasteiger partial charge in [-0.05, 0) is 64.7 Å². The topological polar surface area (TPSA) is 151 Å². The number of aryl methyl sites for hydroxylation is 3. The summed E-state index contributed by atoms with van der Waals surface area (Å²) in [5, 5.41) is 16.6. The van der Waals surface area contributed by atoms with E-state index in [4.69, 9.17) is 10.5 Å². The van der Waals surface area contributed by atoms with E-state index >= 15 is 0 Å². The van der Waals surface area contributed by atoms with Crippen molar-refractivity contribution in [2.45, 2.75) is 98.3 Å². The first-order chi connectivity index (χ1) is 19.7. The van der Waals surface area contributed by atoms with Crippen molar-refractivity contribution in [2.24, 2.45) is 5.73 Å². The van der Waals surface area contributed by atoms with Crippen LogP contribution in [0.3, 0.4) is 0 Å². The summed E-state index contributed by atoms with van der Waals surface area (Å²) in [5.41, 5.74) is 7.62. The number of carbonyl (C=O) groups is 4. The highest BCUT2D eigenvalue weighted by Crippen LogP contribution is 2.34. The molecule has 10 heteroatoms. The van der Waals surface area contributed by atoms with E-state index in [2.05, 4.69) is 17.6 Å². The maximum atomic E-state index is 14.2. The molecule has 42 heavy (non-hydrogen) atoms. The van der Waals surface area contributed by atoms with Crippen LogP contribution in [0.15, 0.2) is 36.4 Å². The monoisotopic (exact) mass is 582 g/mol. The lowest BCUT2D eigenvalue weighted by Gasteiger charge is -2.35. The number of hydrogen-bond donors (Lipinski definition) is 4. The van der Waals surface area contributed by atoms with Crippen molar-refractivity contribution in [3.8, 4) is 5.75 Å². The van der Waals surface area contributed by atoms with Crippen molar-refractivity contribution in [1.82, 2.24) is 10.2 Å². The van der Waals surface area contributed by atoms with Crippen LogP contribution in [0.25, 0.3) is 0 Å². The number of amides is 4. The molecule has 0 saturated heterocycles. The summed E-state index contributed by atoms with van der Waals surface area (Å²) in [6, 6.07) is 7.92. The number of para-hydroxylation sites is 2. The number of phenols is 1. The first kappa shape index (κ1) is 34.1. The Bertz CT molecular complexity index is 1250. The largest absolute Gasteiger partial charge is 0.507 e. The highest BCUT2D eigenvalue weighted by Gasteiger charge is 2.38. The van der Waals surface area contributed by atoms with E-state index in [-0.39, 0.29) is 17.9 Å². The summed E-state index contributed by atoms with van der Waals surface area (Å²) in [6.45, 7) is 12.6. The number of aromatic hydroxyl groups is 1. The van der Waals surface area contributed by atoms with Gasteiger partial charge in [-0.3, -0.25) is 14.4 Å². The molecule has 10 nitrogen and oxygen atoms in total. The lowest BCUT2D eigenvalue weighted by molar-refractivity contribution is -0.142. The van der Waals surface area contributed by atoms with Crippen molar-refractivity contribution < 1.29 is 29.0 Å². The van der Waals surface area contributed by atoms with Gasteiger partial charge in [-0.15, -0.1) is 0 Å². The lowest BCUT2D eigenvalue weighted by Crippen LogP contribution is -2.53. The van der Waals surface area contributed by atoms with Crippen molar-refractivity contribution >= 4 is 29.5 Å². The number of benzene rings is 2. The van der Waals surface area contributed by atoms with Crippen LogP contribution in [0.2, 0.25) is 0 Å². The highest BCUT2D eigenvalue weighted by molar-refractivity contribution is 6.01. The van der Waals surface area contributed by atoms with E-state index in [9.17, 15) is 24.3 Å². The number of anilines is 1. The molecule has 0 aromatic heterocycles. The van der Waals surface area contributed by atoms with Gasteiger partial charge in [-0.1, -0.05) is 62.6 Å². The van der Waals surface area contributed by atoms with E-state index in [1.54, 1.807) is 45.9 Å². The molecule has 230 valence electrons. The minimum atomic E-state index is -1.40. The third kappa shape index (κ3) is 9.78. The lowest BCUT2D eigenvalue weighted by atomic mass is 9.97. The molecular weight excluding hydrogens is 536 g/mol. The molecule has 5 N–H and O–H groups in total. The zero-order chi connectivity index (χ0) is 31.6. The van der Waals surface area contributed by atoms with Crippen LogP contribution >= 0.6 is 0 Å². The van der Waals surface area contributed by atoms with Gasteiger partial charge in [-0.25, -0.2) is 4.79 Å². The number of carbonyl (C=O) groups excluding carboxylic acids is 4. The molecule has 0 heterocycles. The standard InChI is InChI=1S/C32H46N4O6/c1-8-9-10-11-18-36(30(40)24(19-25(33)37)34-31(41)42-32(5,6)7)27(23-17-13-16-22(4)28(23)38)29(39)35-26-20(2)14-12-15-21(26)3/h12-17,24,27,38H,8-11,18-19H2,1-7H3,(H2,33,37)(H,34,41)(H,35,39). The van der Waals surface area contributed by atoms with Crippen LogP contribution in [0.5, 0.6) is 5.75 Å². The van der Waals surface area contributed by atoms with Crippen molar-refractivity contribution in [1.29, 1.82) is 0 Å². The quantitative estimate of drug-likeness (QED) is 0.239. The third-order valence-corrected chi connectivity index (χ3v) is 6.78. The second-order valence-corrected chi connectivity index (χ2v) is 11.6. The van der Waals surface area contributed by atoms with E-state index < -0.39 is 47.9 Å². The van der Waals surface area contributed by atoms with Crippen LogP contribution in [0, 0.1) is 20.8 Å². The van der Waals surface area contributed by atoms with Crippen LogP contribution in [0.4, 0.5) is 10.5 Å². The van der Waals surface area contributed by atoms with Crippen LogP contribution in [-0.4, -0.2) is 52.0 Å². The molecule has 0 radical (unpaired) electrons. The molecule has 0 aliphatic rings. The van der Waals surface area contributed by atoms with Crippen LogP contribution < -0.4 is 16.4 Å². The zero-order valence-corrected chi connectivity index (χ0v) is 25.9. The predicted octanol–water partition coefficient (Wildman–Crippen LogP) is 5.17. The first-order valence-electron chi connectivity index (χ1n) is 14.4. The molecule has 0 spiro atoms. The Morgan fingerprint density at radius 2 is 1.55 bits per heavy atom. The summed E-state index contributed by atoms with van der Waals surface area (Å²) in [5.74, 6) is -2.19. The number of alkyl carbamates (subject to hydrolysis) is 1. The van der Waals surface area contributed by atoms with Crippen molar-refractivity contribution in [2.75, 3.05) is 11.9 Å². The fraction of sp³-hybridized carbons (Fsp3) is 0.500. The average molecular weight is 583 g/mol. The third-order valence-electron chi connectivity index (χ3n) is 6.78. The fourth-order valence-corrected chi connectivity index (χ4v) is 4.68. The second-order valence-electron chi connectivity index (χ2n) is 11.6. The Kier molecular flexibility index (Phi) is 12.4. The molecule has 2 aromatic carbocycles. The fourth-order valence-electron chi connectivity index (χ4n) is 4.68. The molecule has 0 fully saturated rings. The van der Waals surface area contributed by atoms with Gasteiger partial charge in [0, 0.05) is 17.8 Å². The SMILES string of the molecule is CCCCCCN(C(=O)C(CC(N)=O)NC(=O)OC(C)(C)C)C(C(=O)Nc1c(C)cccc1C)c1cccc(C)c1O. The van der Waals surface area contributed by atoms with Crippen LogP contribution in [0.1, 0.15) is 88.1 Å². The molecule has 2 rings (SSSR count). The maximum absolute atomic E-state index is 14.2. The van der Waals surface area contributed by atoms with Gasteiger partial charge in [-0.2, -0.15) is 0 Å². The number of ether oxygens (including phenoxy) is 1. The molecule has 4 amide bonds. The van der Waals surface area contributed by atoms with Crippen molar-refractivity contribution in [3.63, 3.8) is 0 Å². The molecule has 0 saturated carbocycles. The predicted molar refractivity (Wildman–Crippen MR) is 163 cm³/mol. The van der Waals surface area contributed by atoms with Gasteiger partial charge in [0.1, 0.15) is 23.4 Å². The number of nitrogens with zero attached hydrogens (tertiary/aromatic N) is 1. The molecule has 2 atom stereocenters. The van der Waals surface area contributed by atoms with Crippen LogP contribution in [-0.2, 0) is 19.1 Å².